The monoisotopic (exact) mass is 361 g/mol. The lowest BCUT2D eigenvalue weighted by atomic mass is 9.96. The molecule has 7 heteroatoms. The van der Waals surface area contributed by atoms with Crippen molar-refractivity contribution < 1.29 is 4.79 Å². The molecule has 2 aromatic rings. The molecule has 0 saturated carbocycles. The van der Waals surface area contributed by atoms with E-state index >= 15 is 0 Å². The van der Waals surface area contributed by atoms with Crippen molar-refractivity contribution in [3.63, 3.8) is 0 Å². The van der Waals surface area contributed by atoms with Gasteiger partial charge in [0.1, 0.15) is 0 Å². The summed E-state index contributed by atoms with van der Waals surface area (Å²) < 4.78 is 1.11. The molecule has 1 unspecified atom stereocenters. The zero-order valence-corrected chi connectivity index (χ0v) is 15.1. The summed E-state index contributed by atoms with van der Waals surface area (Å²) in [5, 5.41) is 4.56. The number of hydrogen-bond acceptors (Lipinski definition) is 4. The van der Waals surface area contributed by atoms with E-state index in [1.54, 1.807) is 18.3 Å². The van der Waals surface area contributed by atoms with Crippen LogP contribution in [0.1, 0.15) is 31.7 Å². The average Bonchev–Trinajstić information content (AvgIpc) is 2.80. The quantitative estimate of drug-likeness (QED) is 0.826. The van der Waals surface area contributed by atoms with E-state index in [-0.39, 0.29) is 18.3 Å². The Labute approximate surface area is 145 Å². The number of rotatable bonds is 6. The molecule has 1 aromatic heterocycles. The number of halogens is 2. The highest BCUT2D eigenvalue weighted by Gasteiger charge is 2.26. The maximum atomic E-state index is 12.0. The Morgan fingerprint density at radius 1 is 1.50 bits per heavy atom. The minimum Gasteiger partial charge on any atom is -0.354 e. The number of thiazole rings is 1. The van der Waals surface area contributed by atoms with E-state index in [9.17, 15) is 4.79 Å². The van der Waals surface area contributed by atoms with Crippen LogP contribution in [0.2, 0.25) is 5.02 Å². The van der Waals surface area contributed by atoms with Gasteiger partial charge in [0.2, 0.25) is 5.91 Å². The first-order valence-electron chi connectivity index (χ1n) is 7.04. The highest BCUT2D eigenvalue weighted by Crippen LogP contribution is 2.25. The minimum absolute atomic E-state index is 0. The van der Waals surface area contributed by atoms with Crippen molar-refractivity contribution in [2.45, 2.75) is 38.6 Å². The molecule has 0 fully saturated rings. The Kier molecular flexibility index (Phi) is 7.06. The lowest BCUT2D eigenvalue weighted by Gasteiger charge is -2.22. The fraction of sp³-hybridized carbons (Fsp3) is 0.467. The van der Waals surface area contributed by atoms with E-state index < -0.39 is 5.54 Å². The Bertz CT molecular complexity index is 643. The van der Waals surface area contributed by atoms with Crippen molar-refractivity contribution in [2.24, 2.45) is 5.73 Å². The van der Waals surface area contributed by atoms with Crippen molar-refractivity contribution >= 4 is 51.5 Å². The normalized spacial score (nSPS) is 13.5. The van der Waals surface area contributed by atoms with Gasteiger partial charge in [-0.25, -0.2) is 4.98 Å². The van der Waals surface area contributed by atoms with Gasteiger partial charge >= 0.3 is 0 Å². The molecule has 122 valence electrons. The maximum absolute atomic E-state index is 12.0. The van der Waals surface area contributed by atoms with Gasteiger partial charge < -0.3 is 11.1 Å². The molecule has 0 aliphatic rings. The molecule has 1 heterocycles. The zero-order valence-electron chi connectivity index (χ0n) is 12.7. The van der Waals surface area contributed by atoms with Gasteiger partial charge in [0, 0.05) is 18.0 Å². The van der Waals surface area contributed by atoms with Crippen molar-refractivity contribution in [1.82, 2.24) is 10.3 Å². The largest absolute Gasteiger partial charge is 0.354 e. The number of nitrogens with one attached hydrogen (secondary N) is 1. The van der Waals surface area contributed by atoms with Crippen LogP contribution in [0.25, 0.3) is 10.2 Å². The van der Waals surface area contributed by atoms with Gasteiger partial charge in [-0.2, -0.15) is 0 Å². The second kappa shape index (κ2) is 8.11. The molecule has 2 rings (SSSR count). The van der Waals surface area contributed by atoms with Crippen molar-refractivity contribution in [3.05, 3.63) is 28.2 Å². The fourth-order valence-electron chi connectivity index (χ4n) is 2.17. The molecule has 1 amide bonds. The second-order valence-electron chi connectivity index (χ2n) is 5.39. The molecule has 0 saturated heterocycles. The first-order chi connectivity index (χ1) is 9.92. The summed E-state index contributed by atoms with van der Waals surface area (Å²) in [6.45, 7) is 4.33. The van der Waals surface area contributed by atoms with Gasteiger partial charge in [-0.1, -0.05) is 24.9 Å². The van der Waals surface area contributed by atoms with Crippen LogP contribution < -0.4 is 11.1 Å². The summed E-state index contributed by atoms with van der Waals surface area (Å²) >= 11 is 7.57. The molecule has 0 spiro atoms. The van der Waals surface area contributed by atoms with E-state index in [0.717, 1.165) is 21.6 Å². The topological polar surface area (TPSA) is 68.0 Å². The van der Waals surface area contributed by atoms with Crippen molar-refractivity contribution in [3.8, 4) is 0 Å². The number of carbonyl (C=O) groups is 1. The molecule has 0 aliphatic carbocycles. The summed E-state index contributed by atoms with van der Waals surface area (Å²) in [7, 11) is 0. The number of nitrogens with zero attached hydrogens (tertiary/aromatic N) is 1. The zero-order chi connectivity index (χ0) is 15.5. The number of nitrogens with two attached hydrogens (primary N) is 1. The van der Waals surface area contributed by atoms with E-state index in [0.29, 0.717) is 24.4 Å². The number of benzene rings is 1. The molecule has 0 radical (unpaired) electrons. The molecule has 1 atom stereocenters. The molecule has 1 aromatic carbocycles. The summed E-state index contributed by atoms with van der Waals surface area (Å²) in [6, 6.07) is 5.68. The Hall–Kier alpha value is -0.880. The summed E-state index contributed by atoms with van der Waals surface area (Å²) in [5.41, 5.74) is 6.10. The number of carbonyl (C=O) groups excluding carboxylic acids is 1. The number of amides is 1. The third kappa shape index (κ3) is 4.81. The average molecular weight is 362 g/mol. The molecule has 22 heavy (non-hydrogen) atoms. The fourth-order valence-corrected chi connectivity index (χ4v) is 3.29. The Balaban J connectivity index is 0.00000242. The maximum Gasteiger partial charge on any atom is 0.239 e. The van der Waals surface area contributed by atoms with E-state index in [4.69, 9.17) is 17.3 Å². The SMILES string of the molecule is CCCC(C)(N)C(=O)NCCc1nc2cc(Cl)ccc2s1.Cl. The highest BCUT2D eigenvalue weighted by molar-refractivity contribution is 7.18. The number of hydrogen-bond donors (Lipinski definition) is 2. The number of aromatic nitrogens is 1. The predicted octanol–water partition coefficient (Wildman–Crippen LogP) is 3.55. The van der Waals surface area contributed by atoms with Crippen LogP contribution >= 0.6 is 35.3 Å². The van der Waals surface area contributed by atoms with Crippen LogP contribution in [0, 0.1) is 0 Å². The van der Waals surface area contributed by atoms with Crippen LogP contribution in [-0.2, 0) is 11.2 Å². The van der Waals surface area contributed by atoms with Crippen LogP contribution in [0.5, 0.6) is 0 Å². The Morgan fingerprint density at radius 3 is 2.91 bits per heavy atom. The molecule has 0 bridgehead atoms. The smallest absolute Gasteiger partial charge is 0.239 e. The van der Waals surface area contributed by atoms with Crippen LogP contribution in [0.15, 0.2) is 18.2 Å². The van der Waals surface area contributed by atoms with Gasteiger partial charge in [0.15, 0.2) is 0 Å². The van der Waals surface area contributed by atoms with Crippen LogP contribution in [-0.4, -0.2) is 23.0 Å². The first kappa shape index (κ1) is 19.2. The highest BCUT2D eigenvalue weighted by atomic mass is 35.5. The van der Waals surface area contributed by atoms with E-state index in [1.165, 1.54) is 0 Å². The Morgan fingerprint density at radius 2 is 2.23 bits per heavy atom. The van der Waals surface area contributed by atoms with Gasteiger partial charge in [-0.15, -0.1) is 23.7 Å². The standard InChI is InChI=1S/C15H20ClN3OS.ClH/c1-3-7-15(2,17)14(20)18-8-6-13-19-11-9-10(16)4-5-12(11)21-13;/h4-5,9H,3,6-8,17H2,1-2H3,(H,18,20);1H. The molecular weight excluding hydrogens is 341 g/mol. The number of fused-ring (bicyclic) bond motifs is 1. The third-order valence-corrected chi connectivity index (χ3v) is 4.64. The van der Waals surface area contributed by atoms with E-state index in [2.05, 4.69) is 10.3 Å². The predicted molar refractivity (Wildman–Crippen MR) is 96.1 cm³/mol. The van der Waals surface area contributed by atoms with Crippen molar-refractivity contribution in [2.75, 3.05) is 6.54 Å². The van der Waals surface area contributed by atoms with Crippen LogP contribution in [0.4, 0.5) is 0 Å². The molecular formula is C15H21Cl2N3OS. The minimum atomic E-state index is -0.796. The van der Waals surface area contributed by atoms with Crippen LogP contribution in [0.3, 0.4) is 0 Å². The second-order valence-corrected chi connectivity index (χ2v) is 6.94. The molecule has 4 nitrogen and oxygen atoms in total. The first-order valence-corrected chi connectivity index (χ1v) is 8.24. The van der Waals surface area contributed by atoms with E-state index in [1.807, 2.05) is 25.1 Å². The summed E-state index contributed by atoms with van der Waals surface area (Å²) in [6.07, 6.45) is 2.27. The molecule has 0 aliphatic heterocycles. The lowest BCUT2D eigenvalue weighted by Crippen LogP contribution is -2.51. The van der Waals surface area contributed by atoms with Gasteiger partial charge in [0.05, 0.1) is 20.8 Å². The van der Waals surface area contributed by atoms with Gasteiger partial charge in [0.25, 0.3) is 0 Å². The van der Waals surface area contributed by atoms with Gasteiger partial charge in [-0.3, -0.25) is 4.79 Å². The van der Waals surface area contributed by atoms with Crippen molar-refractivity contribution in [1.29, 1.82) is 0 Å². The lowest BCUT2D eigenvalue weighted by molar-refractivity contribution is -0.126. The molecule has 3 N–H and O–H groups in total. The third-order valence-electron chi connectivity index (χ3n) is 3.31. The summed E-state index contributed by atoms with van der Waals surface area (Å²) in [4.78, 5) is 16.5. The van der Waals surface area contributed by atoms with Gasteiger partial charge in [-0.05, 0) is 31.5 Å². The summed E-state index contributed by atoms with van der Waals surface area (Å²) in [5.74, 6) is -0.103.